The number of nitrogens with one attached hydrogen (secondary N) is 2. The van der Waals surface area contributed by atoms with Crippen LogP contribution in [0.2, 0.25) is 0 Å². The second kappa shape index (κ2) is 6.31. The molecule has 2 heterocycles. The lowest BCUT2D eigenvalue weighted by molar-refractivity contribution is -0.122. The summed E-state index contributed by atoms with van der Waals surface area (Å²) in [5.41, 5.74) is 9.26. The standard InChI is InChI=1S/C13H20N6OS/c1-6(2)12-9(21-19-18-12)5-15-13(20)11(14)10-7(3)16-17-8(10)4/h6,11H,5,14H2,1-4H3,(H,15,20)(H,16,17)/t11-/m1/s1. The third kappa shape index (κ3) is 3.27. The molecule has 0 bridgehead atoms. The highest BCUT2D eigenvalue weighted by molar-refractivity contribution is 7.05. The molecule has 114 valence electrons. The van der Waals surface area contributed by atoms with Gasteiger partial charge in [0.15, 0.2) is 0 Å². The number of rotatable bonds is 5. The Bertz CT molecular complexity index is 613. The lowest BCUT2D eigenvalue weighted by atomic mass is 10.1. The van der Waals surface area contributed by atoms with Gasteiger partial charge in [0.2, 0.25) is 5.91 Å². The predicted molar refractivity (Wildman–Crippen MR) is 80.8 cm³/mol. The van der Waals surface area contributed by atoms with Gasteiger partial charge in [-0.15, -0.1) is 5.10 Å². The number of hydrogen-bond acceptors (Lipinski definition) is 6. The first-order chi connectivity index (χ1) is 9.91. The van der Waals surface area contributed by atoms with Crippen LogP contribution in [0.5, 0.6) is 0 Å². The molecule has 0 spiro atoms. The molecule has 0 saturated carbocycles. The van der Waals surface area contributed by atoms with E-state index in [0.717, 1.165) is 27.5 Å². The zero-order chi connectivity index (χ0) is 15.6. The second-order valence-electron chi connectivity index (χ2n) is 5.28. The van der Waals surface area contributed by atoms with E-state index >= 15 is 0 Å². The molecule has 0 radical (unpaired) electrons. The highest BCUT2D eigenvalue weighted by Gasteiger charge is 2.22. The average molecular weight is 308 g/mol. The number of aromatic nitrogens is 4. The molecule has 1 amide bonds. The summed E-state index contributed by atoms with van der Waals surface area (Å²) in [5, 5.41) is 13.8. The van der Waals surface area contributed by atoms with Crippen molar-refractivity contribution < 1.29 is 4.79 Å². The highest BCUT2D eigenvalue weighted by Crippen LogP contribution is 2.20. The summed E-state index contributed by atoms with van der Waals surface area (Å²) >= 11 is 1.30. The number of carbonyl (C=O) groups excluding carboxylic acids is 1. The summed E-state index contributed by atoms with van der Waals surface area (Å²) in [6, 6.07) is -0.730. The van der Waals surface area contributed by atoms with Crippen LogP contribution in [0.25, 0.3) is 0 Å². The monoisotopic (exact) mass is 308 g/mol. The molecule has 2 aromatic heterocycles. The van der Waals surface area contributed by atoms with Crippen molar-refractivity contribution in [2.45, 2.75) is 46.2 Å². The molecule has 4 N–H and O–H groups in total. The molecule has 0 aliphatic rings. The summed E-state index contributed by atoms with van der Waals surface area (Å²) in [6.07, 6.45) is 0. The topological polar surface area (TPSA) is 110 Å². The molecule has 2 aromatic rings. The molecule has 1 atom stereocenters. The van der Waals surface area contributed by atoms with Gasteiger partial charge in [-0.25, -0.2) is 0 Å². The van der Waals surface area contributed by atoms with Gasteiger partial charge in [-0.2, -0.15) is 5.10 Å². The van der Waals surface area contributed by atoms with Crippen LogP contribution in [0, 0.1) is 13.8 Å². The first-order valence-corrected chi connectivity index (χ1v) is 7.55. The first kappa shape index (κ1) is 15.6. The zero-order valence-corrected chi connectivity index (χ0v) is 13.4. The van der Waals surface area contributed by atoms with Gasteiger partial charge in [-0.05, 0) is 31.3 Å². The average Bonchev–Trinajstić information content (AvgIpc) is 3.02. The zero-order valence-electron chi connectivity index (χ0n) is 12.6. The fraction of sp³-hybridized carbons (Fsp3) is 0.538. The number of nitrogens with two attached hydrogens (primary N) is 1. The third-order valence-corrected chi connectivity index (χ3v) is 4.07. The van der Waals surface area contributed by atoms with Gasteiger partial charge >= 0.3 is 0 Å². The predicted octanol–water partition coefficient (Wildman–Crippen LogP) is 1.32. The summed E-state index contributed by atoms with van der Waals surface area (Å²) in [5.74, 6) is 0.0494. The van der Waals surface area contributed by atoms with E-state index < -0.39 is 6.04 Å². The van der Waals surface area contributed by atoms with Crippen LogP contribution in [-0.4, -0.2) is 25.7 Å². The molecule has 0 unspecified atom stereocenters. The molecule has 21 heavy (non-hydrogen) atoms. The van der Waals surface area contributed by atoms with Gasteiger partial charge in [-0.1, -0.05) is 18.3 Å². The van der Waals surface area contributed by atoms with Gasteiger partial charge in [0.05, 0.1) is 22.8 Å². The Morgan fingerprint density at radius 3 is 2.71 bits per heavy atom. The van der Waals surface area contributed by atoms with Crippen LogP contribution in [-0.2, 0) is 11.3 Å². The molecule has 0 aliphatic heterocycles. The smallest absolute Gasteiger partial charge is 0.241 e. The molecular weight excluding hydrogens is 288 g/mol. The minimum atomic E-state index is -0.730. The first-order valence-electron chi connectivity index (χ1n) is 6.77. The van der Waals surface area contributed by atoms with Crippen LogP contribution in [0.4, 0.5) is 0 Å². The van der Waals surface area contributed by atoms with Crippen molar-refractivity contribution in [2.75, 3.05) is 0 Å². The summed E-state index contributed by atoms with van der Waals surface area (Å²) in [6.45, 7) is 8.17. The van der Waals surface area contributed by atoms with Crippen molar-refractivity contribution in [3.8, 4) is 0 Å². The van der Waals surface area contributed by atoms with Crippen molar-refractivity contribution in [1.29, 1.82) is 0 Å². The fourth-order valence-corrected chi connectivity index (χ4v) is 2.94. The van der Waals surface area contributed by atoms with E-state index in [2.05, 4.69) is 25.1 Å². The van der Waals surface area contributed by atoms with Gasteiger partial charge in [0.25, 0.3) is 0 Å². The van der Waals surface area contributed by atoms with Crippen molar-refractivity contribution in [2.24, 2.45) is 5.73 Å². The normalized spacial score (nSPS) is 12.7. The highest BCUT2D eigenvalue weighted by atomic mass is 32.1. The molecule has 0 aliphatic carbocycles. The van der Waals surface area contributed by atoms with E-state index in [1.54, 1.807) is 0 Å². The van der Waals surface area contributed by atoms with Crippen LogP contribution in [0.1, 0.15) is 53.3 Å². The van der Waals surface area contributed by atoms with E-state index in [9.17, 15) is 4.79 Å². The minimum Gasteiger partial charge on any atom is -0.349 e. The number of hydrogen-bond donors (Lipinski definition) is 3. The number of aromatic amines is 1. The Morgan fingerprint density at radius 2 is 2.14 bits per heavy atom. The Hall–Kier alpha value is -1.80. The van der Waals surface area contributed by atoms with E-state index in [-0.39, 0.29) is 11.8 Å². The Labute approximate surface area is 127 Å². The van der Waals surface area contributed by atoms with Gasteiger partial charge in [0.1, 0.15) is 6.04 Å². The van der Waals surface area contributed by atoms with Crippen LogP contribution < -0.4 is 11.1 Å². The van der Waals surface area contributed by atoms with Crippen LogP contribution in [0.15, 0.2) is 0 Å². The molecular formula is C13H20N6OS. The van der Waals surface area contributed by atoms with Crippen molar-refractivity contribution in [3.63, 3.8) is 0 Å². The maximum Gasteiger partial charge on any atom is 0.241 e. The Kier molecular flexibility index (Phi) is 4.69. The lowest BCUT2D eigenvalue weighted by Gasteiger charge is -2.13. The van der Waals surface area contributed by atoms with Gasteiger partial charge in [-0.3, -0.25) is 9.89 Å². The van der Waals surface area contributed by atoms with Crippen LogP contribution >= 0.6 is 11.5 Å². The number of amides is 1. The minimum absolute atomic E-state index is 0.231. The summed E-state index contributed by atoms with van der Waals surface area (Å²) in [7, 11) is 0. The molecule has 7 nitrogen and oxygen atoms in total. The number of H-pyrrole nitrogens is 1. The van der Waals surface area contributed by atoms with E-state index in [4.69, 9.17) is 5.73 Å². The molecule has 0 saturated heterocycles. The van der Waals surface area contributed by atoms with E-state index in [1.165, 1.54) is 11.5 Å². The fourth-order valence-electron chi connectivity index (χ4n) is 2.20. The van der Waals surface area contributed by atoms with E-state index in [1.807, 2.05) is 27.7 Å². The maximum atomic E-state index is 12.2. The molecule has 8 heteroatoms. The third-order valence-electron chi connectivity index (χ3n) is 3.33. The Balaban J connectivity index is 2.03. The van der Waals surface area contributed by atoms with Crippen LogP contribution in [0.3, 0.4) is 0 Å². The van der Waals surface area contributed by atoms with E-state index in [0.29, 0.717) is 6.54 Å². The Morgan fingerprint density at radius 1 is 1.43 bits per heavy atom. The lowest BCUT2D eigenvalue weighted by Crippen LogP contribution is -2.34. The molecule has 2 rings (SSSR count). The van der Waals surface area contributed by atoms with Gasteiger partial charge < -0.3 is 11.1 Å². The number of carbonyl (C=O) groups is 1. The maximum absolute atomic E-state index is 12.2. The van der Waals surface area contributed by atoms with Crippen molar-refractivity contribution in [1.82, 2.24) is 25.1 Å². The summed E-state index contributed by atoms with van der Waals surface area (Å²) < 4.78 is 3.94. The molecule has 0 aromatic carbocycles. The number of aryl methyl sites for hydroxylation is 2. The second-order valence-corrected chi connectivity index (χ2v) is 6.12. The largest absolute Gasteiger partial charge is 0.349 e. The number of nitrogens with zero attached hydrogens (tertiary/aromatic N) is 3. The SMILES string of the molecule is Cc1n[nH]c(C)c1[C@@H](N)C(=O)NCc1snnc1C(C)C. The quantitative estimate of drug-likeness (QED) is 0.771. The summed E-state index contributed by atoms with van der Waals surface area (Å²) in [4.78, 5) is 13.2. The van der Waals surface area contributed by atoms with Gasteiger partial charge in [0, 0.05) is 11.3 Å². The van der Waals surface area contributed by atoms with Crippen molar-refractivity contribution in [3.05, 3.63) is 27.5 Å². The molecule has 0 fully saturated rings. The van der Waals surface area contributed by atoms with Crippen molar-refractivity contribution >= 4 is 17.4 Å².